The molecule has 9 rings (SSSR count). The zero-order valence-electron chi connectivity index (χ0n) is 35.2. The van der Waals surface area contributed by atoms with Crippen LogP contribution in [-0.4, -0.2) is 93.2 Å². The van der Waals surface area contributed by atoms with E-state index in [1.54, 1.807) is 6.92 Å². The number of sulfonamides is 1. The number of furan rings is 1. The number of allylic oxidation sites excluding steroid dienone is 1. The van der Waals surface area contributed by atoms with Crippen LogP contribution in [0.15, 0.2) is 46.2 Å². The molecule has 0 bridgehead atoms. The van der Waals surface area contributed by atoms with Gasteiger partial charge in [0, 0.05) is 23.1 Å². The lowest BCUT2D eigenvalue weighted by molar-refractivity contribution is -0.141. The topological polar surface area (TPSA) is 212 Å². The number of benzene rings is 1. The summed E-state index contributed by atoms with van der Waals surface area (Å²) in [4.78, 5) is 72.7. The van der Waals surface area contributed by atoms with Crippen molar-refractivity contribution < 1.29 is 41.5 Å². The van der Waals surface area contributed by atoms with Gasteiger partial charge in [0.15, 0.2) is 10.8 Å². The summed E-state index contributed by atoms with van der Waals surface area (Å²) in [5.41, 5.74) is 0.727. The number of carbonyl (C=O) groups excluding carboxylic acids is 4. The lowest BCUT2D eigenvalue weighted by Crippen LogP contribution is -2.58. The summed E-state index contributed by atoms with van der Waals surface area (Å²) in [6, 6.07) is 5.27. The molecule has 18 heteroatoms. The lowest BCUT2D eigenvalue weighted by atomic mass is 10.0. The van der Waals surface area contributed by atoms with Crippen LogP contribution in [0.25, 0.3) is 32.9 Å². The van der Waals surface area contributed by atoms with E-state index in [2.05, 4.69) is 29.2 Å². The highest BCUT2D eigenvalue weighted by atomic mass is 32.2. The van der Waals surface area contributed by atoms with Gasteiger partial charge in [-0.1, -0.05) is 51.0 Å². The highest BCUT2D eigenvalue weighted by Crippen LogP contribution is 2.48. The molecule has 5 atom stereocenters. The zero-order chi connectivity index (χ0) is 43.4. The quantitative estimate of drug-likeness (QED) is 0.156. The van der Waals surface area contributed by atoms with E-state index in [0.717, 1.165) is 49.6 Å². The van der Waals surface area contributed by atoms with Crippen molar-refractivity contribution in [2.45, 2.75) is 145 Å². The van der Waals surface area contributed by atoms with Gasteiger partial charge in [0.05, 0.1) is 17.0 Å². The first-order valence-electron chi connectivity index (χ1n) is 21.9. The first-order chi connectivity index (χ1) is 29.7. The zero-order valence-corrected chi connectivity index (χ0v) is 36.8. The summed E-state index contributed by atoms with van der Waals surface area (Å²) in [7, 11) is -4.02. The maximum absolute atomic E-state index is 14.8. The van der Waals surface area contributed by atoms with Crippen LogP contribution in [-0.2, 0) is 29.1 Å². The van der Waals surface area contributed by atoms with Gasteiger partial charge in [0.1, 0.15) is 40.9 Å². The van der Waals surface area contributed by atoms with Crippen molar-refractivity contribution >= 4 is 67.2 Å². The van der Waals surface area contributed by atoms with Gasteiger partial charge in [0.2, 0.25) is 27.4 Å². The Morgan fingerprint density at radius 1 is 1.02 bits per heavy atom. The standard InChI is InChI=1S/C44H53N7O9S2/c1-25(2)31-24-61-39(45-31)36-47-34-29-16-11-12-18-33(29)60-35(34)38(48-36)58-28-21-32-37(52)49-44(41(54)50-62(56,57)43(3)19-20-43)22-26(44)13-7-5-4-6-8-17-30(40(53)51(32)23-28)46-42(55)59-27-14-9-10-15-27/h7,11-13,16,18,24-28,30,32H,4-6,8-10,14-15,17,19-23H2,1-3H3,(H,46,55)(H,49,52)(H,50,54)/b13-7-/t26-,28-,30+,32+,44-/m1/s1. The first kappa shape index (κ1) is 42.2. The summed E-state index contributed by atoms with van der Waals surface area (Å²) >= 11 is 1.41. The molecule has 0 spiro atoms. The van der Waals surface area contributed by atoms with E-state index in [1.165, 1.54) is 16.2 Å². The lowest BCUT2D eigenvalue weighted by Gasteiger charge is -2.30. The molecule has 3 aliphatic carbocycles. The summed E-state index contributed by atoms with van der Waals surface area (Å²) in [5.74, 6) is -1.78. The number of ether oxygens (including phenoxy) is 2. The highest BCUT2D eigenvalue weighted by molar-refractivity contribution is 7.91. The maximum Gasteiger partial charge on any atom is 0.408 e. The smallest absolute Gasteiger partial charge is 0.408 e. The number of hydrogen-bond donors (Lipinski definition) is 3. The van der Waals surface area contributed by atoms with Crippen LogP contribution in [0.1, 0.15) is 116 Å². The van der Waals surface area contributed by atoms with Crippen molar-refractivity contribution in [3.8, 4) is 16.7 Å². The molecule has 2 aliphatic heterocycles. The minimum Gasteiger partial charge on any atom is -0.470 e. The Balaban J connectivity index is 1.05. The van der Waals surface area contributed by atoms with Crippen molar-refractivity contribution in [1.29, 1.82) is 0 Å². The summed E-state index contributed by atoms with van der Waals surface area (Å²) < 4.78 is 46.5. The van der Waals surface area contributed by atoms with Gasteiger partial charge >= 0.3 is 6.09 Å². The Morgan fingerprint density at radius 2 is 1.79 bits per heavy atom. The number of fused-ring (bicyclic) bond motifs is 5. The molecule has 4 amide bonds. The molecule has 4 aromatic rings. The third-order valence-electron chi connectivity index (χ3n) is 13.1. The predicted octanol–water partition coefficient (Wildman–Crippen LogP) is 6.40. The Hall–Kier alpha value is -5.10. The second-order valence-corrected chi connectivity index (χ2v) is 21.1. The number of alkyl carbamates (subject to hydrolysis) is 1. The molecule has 1 aromatic carbocycles. The number of rotatable bonds is 9. The number of thiazole rings is 1. The van der Waals surface area contributed by atoms with Gasteiger partial charge in [0.25, 0.3) is 11.8 Å². The molecule has 0 radical (unpaired) electrons. The molecule has 3 N–H and O–H groups in total. The number of para-hydroxylation sites is 1. The average molecular weight is 888 g/mol. The summed E-state index contributed by atoms with van der Waals surface area (Å²) in [6.45, 7) is 5.63. The van der Waals surface area contributed by atoms with E-state index in [4.69, 9.17) is 28.8 Å². The number of carbonyl (C=O) groups is 4. The number of nitrogens with one attached hydrogen (secondary N) is 3. The van der Waals surface area contributed by atoms with Crippen molar-refractivity contribution in [1.82, 2.24) is 35.2 Å². The molecule has 1 saturated heterocycles. The van der Waals surface area contributed by atoms with E-state index in [0.29, 0.717) is 59.6 Å². The number of amides is 4. The first-order valence-corrected chi connectivity index (χ1v) is 24.2. The van der Waals surface area contributed by atoms with Crippen LogP contribution in [0.3, 0.4) is 0 Å². The Bertz CT molecular complexity index is 2540. The molecule has 5 heterocycles. The van der Waals surface area contributed by atoms with Crippen LogP contribution in [0.5, 0.6) is 5.88 Å². The predicted molar refractivity (Wildman–Crippen MR) is 231 cm³/mol. The second-order valence-electron chi connectivity index (χ2n) is 18.1. The van der Waals surface area contributed by atoms with Crippen LogP contribution < -0.4 is 20.1 Å². The third-order valence-corrected chi connectivity index (χ3v) is 16.1. The fourth-order valence-electron chi connectivity index (χ4n) is 8.83. The normalized spacial score (nSPS) is 27.2. The average Bonchev–Trinajstić information content (AvgIpc) is 3.73. The molecule has 3 saturated carbocycles. The van der Waals surface area contributed by atoms with Gasteiger partial charge in [-0.3, -0.25) is 19.1 Å². The van der Waals surface area contributed by atoms with Crippen LogP contribution >= 0.6 is 11.3 Å². The van der Waals surface area contributed by atoms with Crippen LogP contribution in [0.4, 0.5) is 4.79 Å². The monoisotopic (exact) mass is 887 g/mol. The van der Waals surface area contributed by atoms with Crippen molar-refractivity contribution in [3.05, 3.63) is 47.5 Å². The van der Waals surface area contributed by atoms with Crippen molar-refractivity contribution in [3.63, 3.8) is 0 Å². The third kappa shape index (κ3) is 8.27. The number of hydrogen-bond acceptors (Lipinski definition) is 13. The number of aromatic nitrogens is 3. The van der Waals surface area contributed by atoms with Crippen molar-refractivity contribution in [2.24, 2.45) is 5.92 Å². The molecule has 4 fully saturated rings. The minimum atomic E-state index is -4.02. The SMILES string of the molecule is CC(C)c1csc(-c2nc(O[C@@H]3C[C@H]4C(=O)N[C@]5(C(=O)NS(=O)(=O)C6(C)CC6)C[C@H]5/C=C\CCCCC[C@H](NC(=O)OC5CCCC5)C(=O)N4C3)c3oc4ccccc4c3n2)n1. The molecule has 0 unspecified atom stereocenters. The van der Waals surface area contributed by atoms with Gasteiger partial charge in [-0.05, 0) is 89.2 Å². The fraction of sp³-hybridized carbons (Fsp3) is 0.568. The van der Waals surface area contributed by atoms with E-state index < -0.39 is 68.2 Å². The number of nitrogens with zero attached hydrogens (tertiary/aromatic N) is 4. The van der Waals surface area contributed by atoms with Crippen LogP contribution in [0, 0.1) is 5.92 Å². The molecular weight excluding hydrogens is 835 g/mol. The van der Waals surface area contributed by atoms with Crippen LogP contribution in [0.2, 0.25) is 0 Å². The molecule has 5 aliphatic rings. The van der Waals surface area contributed by atoms with E-state index in [9.17, 15) is 27.6 Å². The maximum atomic E-state index is 14.8. The van der Waals surface area contributed by atoms with Gasteiger partial charge in [-0.2, -0.15) is 4.98 Å². The highest BCUT2D eigenvalue weighted by Gasteiger charge is 2.63. The van der Waals surface area contributed by atoms with Gasteiger partial charge in [-0.25, -0.2) is 23.2 Å². The summed E-state index contributed by atoms with van der Waals surface area (Å²) in [5, 5.41) is 9.06. The molecular formula is C44H53N7O9S2. The summed E-state index contributed by atoms with van der Waals surface area (Å²) in [6.07, 6.45) is 9.74. The fourth-order valence-corrected chi connectivity index (χ4v) is 11.1. The van der Waals surface area contributed by atoms with E-state index in [1.807, 2.05) is 41.8 Å². The van der Waals surface area contributed by atoms with Gasteiger partial charge in [-0.15, -0.1) is 11.3 Å². The Morgan fingerprint density at radius 3 is 2.55 bits per heavy atom. The Labute approximate surface area is 364 Å². The molecule has 62 heavy (non-hydrogen) atoms. The molecule has 330 valence electrons. The molecule has 16 nitrogen and oxygen atoms in total. The van der Waals surface area contributed by atoms with E-state index >= 15 is 0 Å². The van der Waals surface area contributed by atoms with Crippen molar-refractivity contribution in [2.75, 3.05) is 6.54 Å². The Kier molecular flexibility index (Phi) is 11.3. The second kappa shape index (κ2) is 16.5. The molecule has 3 aromatic heterocycles. The minimum absolute atomic E-state index is 0.0127. The largest absolute Gasteiger partial charge is 0.470 e. The van der Waals surface area contributed by atoms with E-state index in [-0.39, 0.29) is 37.3 Å². The van der Waals surface area contributed by atoms with Gasteiger partial charge < -0.3 is 29.4 Å².